The molecular weight excluding hydrogens is 1040 g/mol. The largest absolute Gasteiger partial charge is 0.352 e. The lowest BCUT2D eigenvalue weighted by Crippen LogP contribution is -2.21. The second-order valence-corrected chi connectivity index (χ2v) is 28.5. The van der Waals surface area contributed by atoms with Crippen LogP contribution in [-0.4, -0.2) is 35.1 Å². The van der Waals surface area contributed by atoms with Crippen LogP contribution in [0, 0.1) is 41.0 Å². The molecular formula is C68H95N7O2S3. The van der Waals surface area contributed by atoms with Crippen LogP contribution in [-0.2, 0) is 12.8 Å². The van der Waals surface area contributed by atoms with E-state index in [1.165, 1.54) is 22.1 Å². The van der Waals surface area contributed by atoms with E-state index in [2.05, 4.69) is 211 Å². The highest BCUT2D eigenvalue weighted by Crippen LogP contribution is 2.24. The number of allylic oxidation sites excluding steroid dienone is 1. The number of aromatic amines is 5. The van der Waals surface area contributed by atoms with Crippen LogP contribution in [0.25, 0.3) is 43.4 Å². The van der Waals surface area contributed by atoms with Crippen LogP contribution in [0.15, 0.2) is 168 Å². The number of nitrogens with one attached hydrogen (secondary N) is 5. The van der Waals surface area contributed by atoms with Crippen molar-refractivity contribution < 1.29 is 0 Å². The normalized spacial score (nSPS) is 11.4. The Hall–Kier alpha value is -6.47. The Morgan fingerprint density at radius 2 is 0.825 bits per heavy atom. The average Bonchev–Trinajstić information content (AvgIpc) is 3.71. The van der Waals surface area contributed by atoms with Gasteiger partial charge in [0.05, 0.1) is 23.4 Å². The zero-order valence-electron chi connectivity index (χ0n) is 51.9. The molecule has 0 aliphatic heterocycles. The lowest BCUT2D eigenvalue weighted by molar-refractivity contribution is 0.469. The molecule has 0 amide bonds. The van der Waals surface area contributed by atoms with Gasteiger partial charge in [0.1, 0.15) is 13.9 Å². The summed E-state index contributed by atoms with van der Waals surface area (Å²) in [6.07, 6.45) is 7.44. The third-order valence-electron chi connectivity index (χ3n) is 8.46. The summed E-state index contributed by atoms with van der Waals surface area (Å²) in [5.74, 6) is 0. The van der Waals surface area contributed by atoms with Gasteiger partial charge in [0.25, 0.3) is 5.56 Å². The van der Waals surface area contributed by atoms with Gasteiger partial charge >= 0.3 is 5.69 Å². The molecule has 0 spiro atoms. The van der Waals surface area contributed by atoms with Gasteiger partial charge in [0, 0.05) is 33.3 Å². The van der Waals surface area contributed by atoms with Crippen molar-refractivity contribution >= 4 is 80.0 Å². The Morgan fingerprint density at radius 3 is 1.27 bits per heavy atom. The van der Waals surface area contributed by atoms with Gasteiger partial charge in [-0.05, 0) is 86.8 Å². The Kier molecular flexibility index (Phi) is 30.4. The number of nitrogens with zero attached hydrogens (tertiary/aromatic N) is 2. The minimum Gasteiger partial charge on any atom is -0.352 e. The van der Waals surface area contributed by atoms with E-state index in [0.717, 1.165) is 44.5 Å². The van der Waals surface area contributed by atoms with Crippen molar-refractivity contribution in [3.8, 4) is 0 Å². The van der Waals surface area contributed by atoms with Crippen LogP contribution in [0.3, 0.4) is 0 Å². The molecule has 4 heterocycles. The minimum absolute atomic E-state index is 0.352. The second-order valence-electron chi connectivity index (χ2n) is 27.3. The summed E-state index contributed by atoms with van der Waals surface area (Å²) >= 11 is 15.2. The molecule has 5 N–H and O–H groups in total. The average molecular weight is 1140 g/mol. The molecule has 9 aromatic rings. The van der Waals surface area contributed by atoms with Crippen LogP contribution >= 0.6 is 36.7 Å². The van der Waals surface area contributed by atoms with E-state index < -0.39 is 5.69 Å². The summed E-state index contributed by atoms with van der Waals surface area (Å²) in [5, 5.41) is 12.6. The molecule has 0 atom stereocenters. The van der Waals surface area contributed by atoms with Gasteiger partial charge in [-0.2, -0.15) is 5.10 Å². The van der Waals surface area contributed by atoms with Gasteiger partial charge in [-0.25, -0.2) is 9.78 Å². The molecule has 9 nitrogen and oxygen atoms in total. The summed E-state index contributed by atoms with van der Waals surface area (Å²) in [6, 6.07) is 41.3. The topological polar surface area (TPSA) is 139 Å². The predicted molar refractivity (Wildman–Crippen MR) is 357 cm³/mol. The number of fused-ring (bicyclic) bond motifs is 5. The first-order valence-corrected chi connectivity index (χ1v) is 28.4. The lowest BCUT2D eigenvalue weighted by Gasteiger charge is -2.05. The van der Waals surface area contributed by atoms with E-state index in [0.29, 0.717) is 47.3 Å². The molecule has 1 aliphatic carbocycles. The molecule has 1 aliphatic rings. The summed E-state index contributed by atoms with van der Waals surface area (Å²) in [4.78, 5) is 36.6. The summed E-state index contributed by atoms with van der Waals surface area (Å²) in [5.41, 5.74) is 7.55. The number of para-hydroxylation sites is 2. The molecule has 0 unspecified atom stereocenters. The summed E-state index contributed by atoms with van der Waals surface area (Å²) in [6.45, 7) is 47.7. The maximum Gasteiger partial charge on any atom is 0.326 e. The highest BCUT2D eigenvalue weighted by Gasteiger charge is 2.11. The Morgan fingerprint density at radius 1 is 0.438 bits per heavy atom. The predicted octanol–water partition coefficient (Wildman–Crippen LogP) is 20.3. The highest BCUT2D eigenvalue weighted by atomic mass is 32.1. The molecule has 80 heavy (non-hydrogen) atoms. The highest BCUT2D eigenvalue weighted by molar-refractivity contribution is 7.72. The van der Waals surface area contributed by atoms with Crippen molar-refractivity contribution in [1.29, 1.82) is 0 Å². The summed E-state index contributed by atoms with van der Waals surface area (Å²) < 4.78 is 2.16. The number of H-pyrrole nitrogens is 5. The third-order valence-corrected chi connectivity index (χ3v) is 9.44. The Bertz CT molecular complexity index is 3220. The van der Waals surface area contributed by atoms with Gasteiger partial charge in [-0.15, -0.1) is 0 Å². The van der Waals surface area contributed by atoms with Gasteiger partial charge in [0.2, 0.25) is 0 Å². The van der Waals surface area contributed by atoms with E-state index in [1.54, 1.807) is 36.8 Å². The first-order valence-electron chi connectivity index (χ1n) is 27.1. The van der Waals surface area contributed by atoms with Crippen molar-refractivity contribution in [2.75, 3.05) is 0 Å². The van der Waals surface area contributed by atoms with Crippen molar-refractivity contribution in [2.24, 2.45) is 27.1 Å². The number of aromatic nitrogens is 7. The van der Waals surface area contributed by atoms with Gasteiger partial charge < -0.3 is 15.0 Å². The number of benzene rings is 5. The van der Waals surface area contributed by atoms with E-state index in [9.17, 15) is 9.59 Å². The molecule has 0 saturated heterocycles. The maximum absolute atomic E-state index is 11.1. The number of pyridine rings is 1. The van der Waals surface area contributed by atoms with E-state index in [1.807, 2.05) is 79.0 Å². The molecule has 10 rings (SSSR count). The molecule has 12 heteroatoms. The Labute approximate surface area is 494 Å². The first kappa shape index (κ1) is 71.5. The molecule has 5 aromatic carbocycles. The third kappa shape index (κ3) is 36.7. The van der Waals surface area contributed by atoms with Crippen molar-refractivity contribution in [3.05, 3.63) is 204 Å². The van der Waals surface area contributed by atoms with Crippen LogP contribution in [0.2, 0.25) is 0 Å². The first-order chi connectivity index (χ1) is 36.8. The van der Waals surface area contributed by atoms with Crippen LogP contribution in [0.1, 0.15) is 150 Å². The quantitative estimate of drug-likeness (QED) is 0.0753. The zero-order valence-corrected chi connectivity index (χ0v) is 54.4. The van der Waals surface area contributed by atoms with E-state index >= 15 is 0 Å². The second kappa shape index (κ2) is 34.0. The lowest BCUT2D eigenvalue weighted by atomic mass is 10.0. The summed E-state index contributed by atoms with van der Waals surface area (Å²) in [7, 11) is 0. The van der Waals surface area contributed by atoms with Crippen molar-refractivity contribution in [2.45, 2.75) is 151 Å². The van der Waals surface area contributed by atoms with E-state index in [4.69, 9.17) is 36.7 Å². The molecule has 4 aromatic heterocycles. The number of rotatable bonds is 0. The molecule has 0 saturated carbocycles. The van der Waals surface area contributed by atoms with E-state index in [-0.39, 0.29) is 5.56 Å². The molecule has 432 valence electrons. The van der Waals surface area contributed by atoms with Gasteiger partial charge in [-0.3, -0.25) is 14.9 Å². The SMILES string of the molecule is C=C1Cc2ccccc2C1.CC(C)(C)C.CC(C)(C)C.CC(C)(C)C.CC(C)(C)C.CC(C)(C)C.O=c1[nH]c(=O)c2ccccc2[nH]1.S=c1[nH]ccc2ccccc12.S=c1[nH]ncc2ccccc12.S=c1nc[nH]c2ccccc12. The fourth-order valence-corrected chi connectivity index (χ4v) is 6.54. The minimum atomic E-state index is -0.473. The fraction of sp³-hybridized carbons (Fsp3) is 0.397. The Balaban J connectivity index is 0.000000455. The van der Waals surface area contributed by atoms with Gasteiger partial charge in [0.15, 0.2) is 0 Å². The standard InChI is InChI=1S/C10H10.C9H7NS.C8H6N2O2.2C8H6N2S.5C5H12/c1-8-6-9-4-2-3-5-10(9)7-8;11-9-8-4-2-1-3-7(8)5-6-10-9;11-7-5-3-1-2-4-6(5)9-8(12)10-7;11-8-6-3-1-2-4-7(6)9-5-10-8;11-8-7-4-2-1-3-6(7)5-9-10-8;5*1-5(2,3)4/h2-5H,1,6-7H2;1-6H,(H,10,11);1-4H,(H2,9,10,11,12);1-5H,(H,9,10,11);1-5H,(H,10,11);5*1-4H3. The molecule has 0 bridgehead atoms. The fourth-order valence-electron chi connectivity index (χ4n) is 5.81. The van der Waals surface area contributed by atoms with Gasteiger partial charge in [-0.1, -0.05) is 284 Å². The smallest absolute Gasteiger partial charge is 0.326 e. The molecule has 0 radical (unpaired) electrons. The molecule has 0 fully saturated rings. The monoisotopic (exact) mass is 1140 g/mol. The zero-order chi connectivity index (χ0) is 61.1. The van der Waals surface area contributed by atoms with Crippen molar-refractivity contribution in [3.63, 3.8) is 0 Å². The van der Waals surface area contributed by atoms with Crippen LogP contribution in [0.4, 0.5) is 0 Å². The maximum atomic E-state index is 11.1. The number of hydrogen-bond donors (Lipinski definition) is 5. The van der Waals surface area contributed by atoms with Crippen LogP contribution < -0.4 is 11.2 Å². The van der Waals surface area contributed by atoms with Crippen LogP contribution in [0.5, 0.6) is 0 Å². The number of hydrogen-bond acceptors (Lipinski definition) is 7. The van der Waals surface area contributed by atoms with Crippen molar-refractivity contribution in [1.82, 2.24) is 35.1 Å².